The summed E-state index contributed by atoms with van der Waals surface area (Å²) in [6.07, 6.45) is 2.36. The molecule has 0 amide bonds. The Balaban J connectivity index is 2.62. The lowest BCUT2D eigenvalue weighted by molar-refractivity contribution is 0.839. The van der Waals surface area contributed by atoms with Crippen LogP contribution in [-0.2, 0) is 0 Å². The fraction of sp³-hybridized carbons (Fsp3) is 0.750. The van der Waals surface area contributed by atoms with Crippen molar-refractivity contribution in [3.63, 3.8) is 0 Å². The van der Waals surface area contributed by atoms with Gasteiger partial charge in [0.25, 0.3) is 0 Å². The molecule has 1 heterocycles. The van der Waals surface area contributed by atoms with E-state index >= 15 is 0 Å². The third-order valence-electron chi connectivity index (χ3n) is 2.52. The van der Waals surface area contributed by atoms with Crippen molar-refractivity contribution in [3.05, 3.63) is 11.6 Å². The van der Waals surface area contributed by atoms with Crippen molar-refractivity contribution in [3.8, 4) is 0 Å². The maximum absolute atomic E-state index is 4.66. The van der Waals surface area contributed by atoms with Crippen LogP contribution in [-0.4, -0.2) is 19.5 Å². The van der Waals surface area contributed by atoms with Gasteiger partial charge in [0.2, 0.25) is 0 Å². The molecule has 1 rings (SSSR count). The highest BCUT2D eigenvalue weighted by molar-refractivity contribution is 6.40. The minimum absolute atomic E-state index is 0.553. The van der Waals surface area contributed by atoms with Crippen molar-refractivity contribution in [2.24, 2.45) is 10.9 Å². The van der Waals surface area contributed by atoms with E-state index in [1.165, 1.54) is 11.3 Å². The van der Waals surface area contributed by atoms with E-state index in [-0.39, 0.29) is 0 Å². The van der Waals surface area contributed by atoms with Crippen LogP contribution in [0, 0.1) is 5.92 Å². The summed E-state index contributed by atoms with van der Waals surface area (Å²) in [6.45, 7) is 12.0. The predicted octanol–water partition coefficient (Wildman–Crippen LogP) is 3.36. The second-order valence-electron chi connectivity index (χ2n) is 4.83. The number of hydrogen-bond donors (Lipinski definition) is 0. The molecule has 0 bridgehead atoms. The normalized spacial score (nSPS) is 22.4. The van der Waals surface area contributed by atoms with Gasteiger partial charge >= 0.3 is 0 Å². The average Bonchev–Trinajstić information content (AvgIpc) is 2.01. The van der Waals surface area contributed by atoms with Gasteiger partial charge in [-0.15, -0.1) is 0 Å². The van der Waals surface area contributed by atoms with Crippen LogP contribution in [0.1, 0.15) is 34.6 Å². The predicted molar refractivity (Wildman–Crippen MR) is 65.5 cm³/mol. The van der Waals surface area contributed by atoms with Crippen molar-refractivity contribution < 1.29 is 0 Å². The first-order chi connectivity index (χ1) is 6.50. The van der Waals surface area contributed by atoms with Crippen molar-refractivity contribution in [2.45, 2.75) is 46.3 Å². The molecule has 0 aromatic rings. The number of aliphatic imine (C=N–C) groups is 1. The third-order valence-corrected chi connectivity index (χ3v) is 2.52. The van der Waals surface area contributed by atoms with E-state index in [1.54, 1.807) is 0 Å². The molecular weight excluding hydrogens is 169 g/mol. The molecule has 0 N–H and O–H groups in total. The van der Waals surface area contributed by atoms with Gasteiger partial charge in [0.05, 0.1) is 0 Å². The Morgan fingerprint density at radius 3 is 2.43 bits per heavy atom. The van der Waals surface area contributed by atoms with Gasteiger partial charge in [-0.2, -0.15) is 0 Å². The molecule has 1 aliphatic heterocycles. The highest BCUT2D eigenvalue weighted by Gasteiger charge is 2.17. The van der Waals surface area contributed by atoms with E-state index in [0.29, 0.717) is 17.6 Å². The molecule has 0 saturated carbocycles. The fourth-order valence-corrected chi connectivity index (χ4v) is 2.04. The summed E-state index contributed by atoms with van der Waals surface area (Å²) < 4.78 is 0. The van der Waals surface area contributed by atoms with Crippen LogP contribution in [0.15, 0.2) is 16.6 Å². The van der Waals surface area contributed by atoms with Gasteiger partial charge in [-0.05, 0) is 24.2 Å². The second kappa shape index (κ2) is 4.81. The summed E-state index contributed by atoms with van der Waals surface area (Å²) in [7, 11) is 2.38. The molecular formula is C12H21BN. The Labute approximate surface area is 88.9 Å². The standard InChI is InChI=1S/C12H21BN/c1-8(2)12-10(5)6-11(7-14-12)13-9(3)4/h6,8-9,11H,7H2,1-5H3. The second-order valence-corrected chi connectivity index (χ2v) is 4.83. The summed E-state index contributed by atoms with van der Waals surface area (Å²) in [5.41, 5.74) is 2.66. The smallest absolute Gasteiger partial charge is 0.124 e. The monoisotopic (exact) mass is 190 g/mol. The van der Waals surface area contributed by atoms with Gasteiger partial charge in [-0.1, -0.05) is 39.6 Å². The number of nitrogens with zero attached hydrogens (tertiary/aromatic N) is 1. The van der Waals surface area contributed by atoms with Crippen LogP contribution in [0.5, 0.6) is 0 Å². The summed E-state index contributed by atoms with van der Waals surface area (Å²) in [6, 6.07) is 0. The topological polar surface area (TPSA) is 12.4 Å². The van der Waals surface area contributed by atoms with Crippen LogP contribution in [0.4, 0.5) is 0 Å². The molecule has 0 fully saturated rings. The van der Waals surface area contributed by atoms with E-state index in [4.69, 9.17) is 0 Å². The Morgan fingerprint density at radius 1 is 1.36 bits per heavy atom. The fourth-order valence-electron chi connectivity index (χ4n) is 2.04. The summed E-state index contributed by atoms with van der Waals surface area (Å²) in [4.78, 5) is 4.66. The van der Waals surface area contributed by atoms with Crippen LogP contribution >= 0.6 is 0 Å². The quantitative estimate of drug-likeness (QED) is 0.605. The van der Waals surface area contributed by atoms with Crippen LogP contribution < -0.4 is 0 Å². The minimum atomic E-state index is 0.553. The van der Waals surface area contributed by atoms with Gasteiger partial charge in [0.15, 0.2) is 0 Å². The Hall–Kier alpha value is -0.525. The molecule has 1 nitrogen and oxygen atoms in total. The highest BCUT2D eigenvalue weighted by Crippen LogP contribution is 2.23. The van der Waals surface area contributed by atoms with Crippen molar-refractivity contribution in [1.82, 2.24) is 0 Å². The first-order valence-electron chi connectivity index (χ1n) is 5.58. The minimum Gasteiger partial charge on any atom is -0.289 e. The molecule has 0 aliphatic carbocycles. The van der Waals surface area contributed by atoms with E-state index in [9.17, 15) is 0 Å². The molecule has 0 spiro atoms. The Kier molecular flexibility index (Phi) is 3.97. The van der Waals surface area contributed by atoms with Crippen molar-refractivity contribution in [1.29, 1.82) is 0 Å². The van der Waals surface area contributed by atoms with Gasteiger partial charge < -0.3 is 0 Å². The van der Waals surface area contributed by atoms with Crippen molar-refractivity contribution in [2.75, 3.05) is 6.54 Å². The lowest BCUT2D eigenvalue weighted by Gasteiger charge is -2.21. The zero-order valence-electron chi connectivity index (χ0n) is 10.0. The molecule has 0 saturated heterocycles. The number of allylic oxidation sites excluding steroid dienone is 1. The van der Waals surface area contributed by atoms with Crippen LogP contribution in [0.2, 0.25) is 11.6 Å². The zero-order valence-corrected chi connectivity index (χ0v) is 10.0. The first-order valence-corrected chi connectivity index (χ1v) is 5.58. The van der Waals surface area contributed by atoms with Gasteiger partial charge in [0.1, 0.15) is 7.28 Å². The lowest BCUT2D eigenvalue weighted by atomic mass is 9.55. The van der Waals surface area contributed by atoms with Gasteiger partial charge in [-0.25, -0.2) is 0 Å². The maximum atomic E-state index is 4.66. The molecule has 1 radical (unpaired) electrons. The molecule has 2 heteroatoms. The van der Waals surface area contributed by atoms with Crippen LogP contribution in [0.25, 0.3) is 0 Å². The molecule has 14 heavy (non-hydrogen) atoms. The molecule has 1 atom stereocenters. The number of rotatable bonds is 3. The van der Waals surface area contributed by atoms with Gasteiger partial charge in [0, 0.05) is 12.3 Å². The zero-order chi connectivity index (χ0) is 10.7. The summed E-state index contributed by atoms with van der Waals surface area (Å²) in [5, 5.41) is 0. The maximum Gasteiger partial charge on any atom is 0.124 e. The van der Waals surface area contributed by atoms with Gasteiger partial charge in [-0.3, -0.25) is 4.99 Å². The lowest BCUT2D eigenvalue weighted by Crippen LogP contribution is -2.19. The van der Waals surface area contributed by atoms with E-state index in [1.807, 2.05) is 0 Å². The number of hydrogen-bond acceptors (Lipinski definition) is 1. The molecule has 0 aromatic heterocycles. The van der Waals surface area contributed by atoms with Crippen molar-refractivity contribution >= 4 is 13.0 Å². The summed E-state index contributed by atoms with van der Waals surface area (Å²) >= 11 is 0. The van der Waals surface area contributed by atoms with E-state index < -0.39 is 0 Å². The molecule has 0 aromatic carbocycles. The SMILES string of the molecule is CC1=CC([B]C(C)C)CN=C1C(C)C. The third kappa shape index (κ3) is 3.00. The van der Waals surface area contributed by atoms with E-state index in [0.717, 1.165) is 6.54 Å². The van der Waals surface area contributed by atoms with Crippen LogP contribution in [0.3, 0.4) is 0 Å². The average molecular weight is 190 g/mol. The largest absolute Gasteiger partial charge is 0.289 e. The Morgan fingerprint density at radius 2 is 2.00 bits per heavy atom. The Bertz CT molecular complexity index is 251. The molecule has 1 aliphatic rings. The van der Waals surface area contributed by atoms with E-state index in [2.05, 4.69) is 53.0 Å². The molecule has 77 valence electrons. The highest BCUT2D eigenvalue weighted by atomic mass is 14.8. The number of dihydropyridines is 1. The molecule has 1 unspecified atom stereocenters. The summed E-state index contributed by atoms with van der Waals surface area (Å²) in [5.74, 6) is 1.77. The first kappa shape index (κ1) is 11.5.